The van der Waals surface area contributed by atoms with Crippen LogP contribution in [0.2, 0.25) is 5.02 Å². The second-order valence-electron chi connectivity index (χ2n) is 7.36. The third kappa shape index (κ3) is 6.21. The molecule has 0 bridgehead atoms. The molecule has 0 spiro atoms. The van der Waals surface area contributed by atoms with Crippen molar-refractivity contribution in [3.05, 3.63) is 90.5 Å². The van der Waals surface area contributed by atoms with Crippen LogP contribution >= 0.6 is 22.9 Å². The van der Waals surface area contributed by atoms with Gasteiger partial charge in [0.1, 0.15) is 12.4 Å². The lowest BCUT2D eigenvalue weighted by molar-refractivity contribution is -0.137. The SMILES string of the molecule is COCc1cc(/C=C/c2ccc(C(F)(F)F)cc2)sc1COc1ccc(-c2noc(=O)[nH]2)c(Cl)c1. The second-order valence-corrected chi connectivity index (χ2v) is 8.93. The molecule has 0 aliphatic rings. The highest BCUT2D eigenvalue weighted by Crippen LogP contribution is 2.32. The van der Waals surface area contributed by atoms with Crippen LogP contribution in [-0.4, -0.2) is 17.3 Å². The van der Waals surface area contributed by atoms with E-state index in [0.29, 0.717) is 28.5 Å². The highest BCUT2D eigenvalue weighted by atomic mass is 35.5. The summed E-state index contributed by atoms with van der Waals surface area (Å²) >= 11 is 7.79. The average Bonchev–Trinajstić information content (AvgIpc) is 3.42. The molecule has 0 fully saturated rings. The molecule has 1 N–H and O–H groups in total. The minimum Gasteiger partial charge on any atom is -0.488 e. The van der Waals surface area contributed by atoms with E-state index in [4.69, 9.17) is 21.1 Å². The Balaban J connectivity index is 1.46. The monoisotopic (exact) mass is 522 g/mol. The molecule has 6 nitrogen and oxygen atoms in total. The van der Waals surface area contributed by atoms with Crippen molar-refractivity contribution in [3.63, 3.8) is 0 Å². The van der Waals surface area contributed by atoms with Gasteiger partial charge in [0.05, 0.1) is 17.2 Å². The zero-order chi connectivity index (χ0) is 25.0. The highest BCUT2D eigenvalue weighted by molar-refractivity contribution is 7.13. The smallest absolute Gasteiger partial charge is 0.439 e. The topological polar surface area (TPSA) is 77.3 Å². The van der Waals surface area contributed by atoms with Crippen molar-refractivity contribution in [3.8, 4) is 17.1 Å². The van der Waals surface area contributed by atoms with Crippen molar-refractivity contribution in [2.45, 2.75) is 19.4 Å². The van der Waals surface area contributed by atoms with E-state index in [0.717, 1.165) is 27.5 Å². The molecular weight excluding hydrogens is 505 g/mol. The van der Waals surface area contributed by atoms with Crippen molar-refractivity contribution >= 4 is 35.1 Å². The summed E-state index contributed by atoms with van der Waals surface area (Å²) in [5.41, 5.74) is 1.40. The molecule has 2 aromatic carbocycles. The molecule has 4 rings (SSSR count). The first-order chi connectivity index (χ1) is 16.7. The van der Waals surface area contributed by atoms with Crippen molar-refractivity contribution < 1.29 is 27.2 Å². The largest absolute Gasteiger partial charge is 0.488 e. The molecular formula is C24H18ClF3N2O4S. The fraction of sp³-hybridized carbons (Fsp3) is 0.167. The van der Waals surface area contributed by atoms with Crippen LogP contribution in [0.5, 0.6) is 5.75 Å². The highest BCUT2D eigenvalue weighted by Gasteiger charge is 2.29. The first-order valence-electron chi connectivity index (χ1n) is 10.2. The summed E-state index contributed by atoms with van der Waals surface area (Å²) in [5.74, 6) is 0.0582. The minimum absolute atomic E-state index is 0.219. The fourth-order valence-electron chi connectivity index (χ4n) is 3.21. The maximum Gasteiger partial charge on any atom is 0.439 e. The van der Waals surface area contributed by atoms with Gasteiger partial charge >= 0.3 is 11.9 Å². The van der Waals surface area contributed by atoms with Crippen molar-refractivity contribution in [2.24, 2.45) is 0 Å². The molecule has 4 aromatic rings. The molecule has 0 radical (unpaired) electrons. The summed E-state index contributed by atoms with van der Waals surface area (Å²) < 4.78 is 53.9. The molecule has 0 atom stereocenters. The Morgan fingerprint density at radius 3 is 2.51 bits per heavy atom. The molecule has 11 heteroatoms. The summed E-state index contributed by atoms with van der Waals surface area (Å²) in [6.07, 6.45) is -0.778. The van der Waals surface area contributed by atoms with Gasteiger partial charge < -0.3 is 9.47 Å². The minimum atomic E-state index is -4.36. The molecule has 2 heterocycles. The van der Waals surface area contributed by atoms with Gasteiger partial charge in [-0.2, -0.15) is 13.2 Å². The van der Waals surface area contributed by atoms with Crippen LogP contribution in [0.1, 0.15) is 26.4 Å². The number of halogens is 4. The van der Waals surface area contributed by atoms with E-state index in [1.54, 1.807) is 31.4 Å². The van der Waals surface area contributed by atoms with Gasteiger partial charge in [0.15, 0.2) is 5.82 Å². The summed E-state index contributed by atoms with van der Waals surface area (Å²) in [5, 5.41) is 3.95. The number of aromatic amines is 1. The first-order valence-corrected chi connectivity index (χ1v) is 11.4. The number of benzene rings is 2. The lowest BCUT2D eigenvalue weighted by Crippen LogP contribution is -2.03. The van der Waals surface area contributed by atoms with Gasteiger partial charge in [-0.25, -0.2) is 4.79 Å². The third-order valence-corrected chi connectivity index (χ3v) is 6.33. The van der Waals surface area contributed by atoms with Crippen molar-refractivity contribution in [1.29, 1.82) is 0 Å². The quantitative estimate of drug-likeness (QED) is 0.280. The summed E-state index contributed by atoms with van der Waals surface area (Å²) in [6, 6.07) is 11.9. The molecule has 0 unspecified atom stereocenters. The zero-order valence-electron chi connectivity index (χ0n) is 18.2. The van der Waals surface area contributed by atoms with E-state index in [1.807, 2.05) is 12.1 Å². The Morgan fingerprint density at radius 1 is 1.11 bits per heavy atom. The maximum atomic E-state index is 12.7. The average molecular weight is 523 g/mol. The number of nitrogens with one attached hydrogen (secondary N) is 1. The Morgan fingerprint density at radius 2 is 1.89 bits per heavy atom. The molecule has 2 aromatic heterocycles. The number of hydrogen-bond acceptors (Lipinski definition) is 6. The number of ether oxygens (including phenoxy) is 2. The van der Waals surface area contributed by atoms with Crippen molar-refractivity contribution in [2.75, 3.05) is 7.11 Å². The van der Waals surface area contributed by atoms with Crippen LogP contribution in [0.15, 0.2) is 57.8 Å². The number of rotatable bonds is 8. The summed E-state index contributed by atoms with van der Waals surface area (Å²) in [4.78, 5) is 15.4. The zero-order valence-corrected chi connectivity index (χ0v) is 19.8. The molecule has 0 saturated carbocycles. The molecule has 0 aliphatic heterocycles. The standard InChI is InChI=1S/C24H18ClF3N2O4S/c1-32-12-15-10-18(8-4-14-2-5-16(6-3-14)24(26,27)28)35-21(15)13-33-17-7-9-19(20(25)11-17)22-29-23(31)34-30-22/h2-11H,12-13H2,1H3,(H,29,30,31)/b8-4+. The van der Waals surface area contributed by atoms with E-state index < -0.39 is 17.5 Å². The Labute approximate surface area is 206 Å². The van der Waals surface area contributed by atoms with E-state index in [2.05, 4.69) is 14.7 Å². The predicted octanol–water partition coefficient (Wildman–Crippen LogP) is 6.66. The molecule has 0 saturated heterocycles. The predicted molar refractivity (Wildman–Crippen MR) is 127 cm³/mol. The maximum absolute atomic E-state index is 12.7. The van der Waals surface area contributed by atoms with Crippen LogP contribution < -0.4 is 10.5 Å². The van der Waals surface area contributed by atoms with Gasteiger partial charge in [0.25, 0.3) is 0 Å². The molecule has 0 aliphatic carbocycles. The van der Waals surface area contributed by atoms with Gasteiger partial charge in [-0.05, 0) is 53.6 Å². The van der Waals surface area contributed by atoms with Gasteiger partial charge in [-0.15, -0.1) is 11.3 Å². The number of H-pyrrole nitrogens is 1. The lowest BCUT2D eigenvalue weighted by atomic mass is 10.1. The Bertz CT molecular complexity index is 1390. The van der Waals surface area contributed by atoms with Crippen LogP contribution in [-0.2, 0) is 24.1 Å². The normalized spacial score (nSPS) is 11.9. The van der Waals surface area contributed by atoms with Crippen molar-refractivity contribution in [1.82, 2.24) is 10.1 Å². The number of hydrogen-bond donors (Lipinski definition) is 1. The molecule has 35 heavy (non-hydrogen) atoms. The Kier molecular flexibility index (Phi) is 7.44. The summed E-state index contributed by atoms with van der Waals surface area (Å²) in [7, 11) is 1.59. The van der Waals surface area contributed by atoms with Crippen LogP contribution in [0.3, 0.4) is 0 Å². The van der Waals surface area contributed by atoms with Crippen LogP contribution in [0.4, 0.5) is 13.2 Å². The summed E-state index contributed by atoms with van der Waals surface area (Å²) in [6.45, 7) is 0.635. The number of methoxy groups -OCH3 is 1. The van der Waals surface area contributed by atoms with Gasteiger partial charge in [-0.1, -0.05) is 35.0 Å². The van der Waals surface area contributed by atoms with E-state index in [1.165, 1.54) is 23.5 Å². The Hall–Kier alpha value is -3.34. The van der Waals surface area contributed by atoms with Crippen LogP contribution in [0.25, 0.3) is 23.5 Å². The van der Waals surface area contributed by atoms with Gasteiger partial charge in [-0.3, -0.25) is 9.51 Å². The fourth-order valence-corrected chi connectivity index (χ4v) is 4.45. The number of nitrogens with zero attached hydrogens (tertiary/aromatic N) is 1. The first kappa shape index (κ1) is 24.8. The molecule has 0 amide bonds. The van der Waals surface area contributed by atoms with E-state index in [-0.39, 0.29) is 12.4 Å². The number of aromatic nitrogens is 2. The number of thiophene rings is 1. The number of alkyl halides is 3. The van der Waals surface area contributed by atoms with E-state index in [9.17, 15) is 18.0 Å². The van der Waals surface area contributed by atoms with Crippen LogP contribution in [0, 0.1) is 0 Å². The lowest BCUT2D eigenvalue weighted by Gasteiger charge is -2.08. The van der Waals surface area contributed by atoms with E-state index >= 15 is 0 Å². The van der Waals surface area contributed by atoms with Gasteiger partial charge in [0, 0.05) is 22.4 Å². The third-order valence-electron chi connectivity index (χ3n) is 4.90. The van der Waals surface area contributed by atoms with Gasteiger partial charge in [0.2, 0.25) is 0 Å². The molecule has 182 valence electrons. The second kappa shape index (κ2) is 10.5.